The van der Waals surface area contributed by atoms with E-state index in [9.17, 15) is 0 Å². The molecule has 2 N–H and O–H groups in total. The summed E-state index contributed by atoms with van der Waals surface area (Å²) in [6, 6.07) is 0. The van der Waals surface area contributed by atoms with Crippen molar-refractivity contribution in [1.29, 1.82) is 0 Å². The van der Waals surface area contributed by atoms with Gasteiger partial charge in [-0.25, -0.2) is 0 Å². The number of morpholine rings is 1. The fourth-order valence-corrected chi connectivity index (χ4v) is 1.49. The second-order valence-electron chi connectivity index (χ2n) is 3.57. The quantitative estimate of drug-likeness (QED) is 0.717. The maximum Gasteiger partial charge on any atom is 0.0642 e. The molecule has 1 saturated heterocycles. The molecule has 0 saturated carbocycles. The smallest absolute Gasteiger partial charge is 0.0642 e. The highest BCUT2D eigenvalue weighted by Crippen LogP contribution is 2.07. The van der Waals surface area contributed by atoms with Gasteiger partial charge in [-0.2, -0.15) is 0 Å². The third kappa shape index (κ3) is 4.21. The molecule has 0 amide bonds. The Morgan fingerprint density at radius 2 is 1.93 bits per heavy atom. The number of ether oxygens (including phenoxy) is 1. The zero-order chi connectivity index (χ0) is 11.1. The Morgan fingerprint density at radius 3 is 2.53 bits per heavy atom. The lowest BCUT2D eigenvalue weighted by molar-refractivity contribution is 0.0537. The first-order valence-corrected chi connectivity index (χ1v) is 5.33. The van der Waals surface area contributed by atoms with E-state index in [1.807, 2.05) is 25.2 Å². The number of hydrogen-bond donors (Lipinski definition) is 1. The molecule has 1 rings (SSSR count). The van der Waals surface area contributed by atoms with Crippen LogP contribution in [0.2, 0.25) is 0 Å². The van der Waals surface area contributed by atoms with Gasteiger partial charge in [0, 0.05) is 24.5 Å². The third-order valence-corrected chi connectivity index (χ3v) is 2.39. The van der Waals surface area contributed by atoms with Crippen LogP contribution in [0.3, 0.4) is 0 Å². The summed E-state index contributed by atoms with van der Waals surface area (Å²) < 4.78 is 5.29. The van der Waals surface area contributed by atoms with E-state index in [1.165, 1.54) is 5.70 Å². The minimum Gasteiger partial charge on any atom is -0.399 e. The van der Waals surface area contributed by atoms with Crippen molar-refractivity contribution in [3.8, 4) is 0 Å². The molecule has 0 aromatic rings. The summed E-state index contributed by atoms with van der Waals surface area (Å²) in [5.41, 5.74) is 7.77. The zero-order valence-corrected chi connectivity index (χ0v) is 9.57. The summed E-state index contributed by atoms with van der Waals surface area (Å²) in [4.78, 5) is 2.31. The van der Waals surface area contributed by atoms with Crippen LogP contribution < -0.4 is 5.73 Å². The van der Waals surface area contributed by atoms with Crippen molar-refractivity contribution in [2.45, 2.75) is 13.8 Å². The number of allylic oxidation sites excluding steroid dienone is 5. The van der Waals surface area contributed by atoms with Crippen LogP contribution >= 0.6 is 0 Å². The Bertz CT molecular complexity index is 273. The number of rotatable bonds is 3. The van der Waals surface area contributed by atoms with Gasteiger partial charge in [0.05, 0.1) is 13.2 Å². The average molecular weight is 208 g/mol. The van der Waals surface area contributed by atoms with Crippen molar-refractivity contribution in [3.63, 3.8) is 0 Å². The van der Waals surface area contributed by atoms with E-state index in [0.29, 0.717) is 0 Å². The van der Waals surface area contributed by atoms with Gasteiger partial charge in [0.15, 0.2) is 0 Å². The Labute approximate surface area is 91.9 Å². The van der Waals surface area contributed by atoms with Crippen molar-refractivity contribution in [2.75, 3.05) is 26.3 Å². The molecule has 0 aromatic heterocycles. The molecule has 3 nitrogen and oxygen atoms in total. The molecule has 0 unspecified atom stereocenters. The molecule has 0 atom stereocenters. The van der Waals surface area contributed by atoms with Crippen molar-refractivity contribution in [1.82, 2.24) is 4.90 Å². The predicted octanol–water partition coefficient (Wildman–Crippen LogP) is 1.64. The lowest BCUT2D eigenvalue weighted by Gasteiger charge is -2.29. The van der Waals surface area contributed by atoms with Crippen LogP contribution in [0.25, 0.3) is 0 Å². The summed E-state index contributed by atoms with van der Waals surface area (Å²) in [7, 11) is 0. The first kappa shape index (κ1) is 11.9. The van der Waals surface area contributed by atoms with Gasteiger partial charge in [-0.3, -0.25) is 0 Å². The van der Waals surface area contributed by atoms with E-state index in [2.05, 4.69) is 17.9 Å². The minimum absolute atomic E-state index is 0.783. The number of nitrogens with two attached hydrogens (primary N) is 1. The zero-order valence-electron chi connectivity index (χ0n) is 9.57. The molecule has 1 aliphatic rings. The molecular formula is C12H20N2O. The Kier molecular flexibility index (Phi) is 4.98. The van der Waals surface area contributed by atoms with Gasteiger partial charge in [-0.1, -0.05) is 6.08 Å². The van der Waals surface area contributed by atoms with Crippen LogP contribution in [0.15, 0.2) is 35.7 Å². The van der Waals surface area contributed by atoms with Crippen molar-refractivity contribution in [3.05, 3.63) is 35.7 Å². The van der Waals surface area contributed by atoms with Gasteiger partial charge in [-0.15, -0.1) is 0 Å². The van der Waals surface area contributed by atoms with Crippen molar-refractivity contribution in [2.24, 2.45) is 5.73 Å². The Hall–Kier alpha value is -1.22. The second kappa shape index (κ2) is 6.30. The Morgan fingerprint density at radius 1 is 1.27 bits per heavy atom. The predicted molar refractivity (Wildman–Crippen MR) is 63.2 cm³/mol. The van der Waals surface area contributed by atoms with Gasteiger partial charge in [0.1, 0.15) is 0 Å². The van der Waals surface area contributed by atoms with Crippen LogP contribution in [-0.2, 0) is 4.74 Å². The number of hydrogen-bond acceptors (Lipinski definition) is 3. The Balaban J connectivity index is 2.54. The summed E-state index contributed by atoms with van der Waals surface area (Å²) in [6.45, 7) is 7.64. The average Bonchev–Trinajstić information content (AvgIpc) is 2.27. The second-order valence-corrected chi connectivity index (χ2v) is 3.57. The lowest BCUT2D eigenvalue weighted by atomic mass is 10.3. The molecule has 1 heterocycles. The normalized spacial score (nSPS) is 20.0. The SMILES string of the molecule is C\C=C/C(N)=C\C=C(/C)N1CCOCC1. The molecular weight excluding hydrogens is 188 g/mol. The van der Waals surface area contributed by atoms with Gasteiger partial charge >= 0.3 is 0 Å². The lowest BCUT2D eigenvalue weighted by Crippen LogP contribution is -2.34. The molecule has 1 fully saturated rings. The topological polar surface area (TPSA) is 38.5 Å². The molecule has 84 valence electrons. The van der Waals surface area contributed by atoms with Gasteiger partial charge in [0.25, 0.3) is 0 Å². The summed E-state index contributed by atoms with van der Waals surface area (Å²) >= 11 is 0. The first-order valence-electron chi connectivity index (χ1n) is 5.33. The van der Waals surface area contributed by atoms with Gasteiger partial charge in [0.2, 0.25) is 0 Å². The first-order chi connectivity index (χ1) is 7.24. The highest BCUT2D eigenvalue weighted by Gasteiger charge is 2.09. The molecule has 0 aromatic carbocycles. The van der Waals surface area contributed by atoms with E-state index >= 15 is 0 Å². The highest BCUT2D eigenvalue weighted by molar-refractivity contribution is 5.22. The van der Waals surface area contributed by atoms with Crippen LogP contribution in [0.1, 0.15) is 13.8 Å². The van der Waals surface area contributed by atoms with Gasteiger partial charge < -0.3 is 15.4 Å². The molecule has 1 aliphatic heterocycles. The van der Waals surface area contributed by atoms with E-state index in [0.717, 1.165) is 32.0 Å². The van der Waals surface area contributed by atoms with E-state index in [-0.39, 0.29) is 0 Å². The van der Waals surface area contributed by atoms with Gasteiger partial charge in [-0.05, 0) is 32.1 Å². The minimum atomic E-state index is 0.783. The largest absolute Gasteiger partial charge is 0.399 e. The molecule has 0 radical (unpaired) electrons. The summed E-state index contributed by atoms with van der Waals surface area (Å²) in [6.07, 6.45) is 7.82. The fraction of sp³-hybridized carbons (Fsp3) is 0.500. The monoisotopic (exact) mass is 208 g/mol. The maximum atomic E-state index is 5.75. The molecule has 0 aliphatic carbocycles. The summed E-state index contributed by atoms with van der Waals surface area (Å²) in [5, 5.41) is 0. The maximum absolute atomic E-state index is 5.75. The highest BCUT2D eigenvalue weighted by atomic mass is 16.5. The van der Waals surface area contributed by atoms with Crippen molar-refractivity contribution < 1.29 is 4.74 Å². The number of nitrogens with zero attached hydrogens (tertiary/aromatic N) is 1. The fourth-order valence-electron chi connectivity index (χ4n) is 1.49. The van der Waals surface area contributed by atoms with Crippen molar-refractivity contribution >= 4 is 0 Å². The summed E-state index contributed by atoms with van der Waals surface area (Å²) in [5.74, 6) is 0. The van der Waals surface area contributed by atoms with Crippen LogP contribution in [-0.4, -0.2) is 31.2 Å². The molecule has 0 spiro atoms. The molecule has 3 heteroatoms. The van der Waals surface area contributed by atoms with E-state index in [1.54, 1.807) is 0 Å². The molecule has 15 heavy (non-hydrogen) atoms. The van der Waals surface area contributed by atoms with E-state index in [4.69, 9.17) is 10.5 Å². The van der Waals surface area contributed by atoms with E-state index < -0.39 is 0 Å². The van der Waals surface area contributed by atoms with Crippen LogP contribution in [0.5, 0.6) is 0 Å². The third-order valence-electron chi connectivity index (χ3n) is 2.39. The molecule has 0 bridgehead atoms. The van der Waals surface area contributed by atoms with Crippen LogP contribution in [0.4, 0.5) is 0 Å². The standard InChI is InChI=1S/C12H20N2O/c1-3-4-12(13)6-5-11(2)14-7-9-15-10-8-14/h3-6H,7-10,13H2,1-2H3/b4-3-,11-5+,12-6+. The van der Waals surface area contributed by atoms with Crippen LogP contribution in [0, 0.1) is 0 Å².